The summed E-state index contributed by atoms with van der Waals surface area (Å²) in [6.07, 6.45) is -3.73. The number of aliphatic carboxylic acids is 1. The van der Waals surface area contributed by atoms with E-state index in [1.165, 1.54) is 42.7 Å². The Morgan fingerprint density at radius 3 is 1.43 bits per heavy atom. The molecule has 0 bridgehead atoms. The predicted molar refractivity (Wildman–Crippen MR) is 219 cm³/mol. The van der Waals surface area contributed by atoms with Crippen LogP contribution in [0.2, 0.25) is 0 Å². The van der Waals surface area contributed by atoms with Crippen molar-refractivity contribution in [1.29, 1.82) is 0 Å². The molecule has 2 aromatic carbocycles. The monoisotopic (exact) mass is 891 g/mol. The number of aromatic nitrogens is 8. The van der Waals surface area contributed by atoms with E-state index in [9.17, 15) is 44.7 Å². The number of ketones is 1. The van der Waals surface area contributed by atoms with Crippen LogP contribution < -0.4 is 5.73 Å². The van der Waals surface area contributed by atoms with Crippen molar-refractivity contribution in [2.45, 2.75) is 111 Å². The Hall–Kier alpha value is -6.34. The van der Waals surface area contributed by atoms with E-state index in [1.54, 1.807) is 59.9 Å². The second-order valence-electron chi connectivity index (χ2n) is 15.1. The average molecular weight is 892 g/mol. The van der Waals surface area contributed by atoms with Gasteiger partial charge in [-0.2, -0.15) is 36.5 Å². The highest BCUT2D eigenvalue weighted by molar-refractivity contribution is 5.85. The molecule has 63 heavy (non-hydrogen) atoms. The molecule has 6 aromatic rings. The minimum Gasteiger partial charge on any atom is -0.480 e. The summed E-state index contributed by atoms with van der Waals surface area (Å²) in [7, 11) is 0. The molecule has 2 unspecified atom stereocenters. The molecular formula is C43H49F8N9O3. The number of benzene rings is 2. The Kier molecular flexibility index (Phi) is 15.8. The molecule has 340 valence electrons. The number of hydrogen-bond acceptors (Lipinski definition) is 7. The van der Waals surface area contributed by atoms with E-state index in [0.717, 1.165) is 34.0 Å². The zero-order valence-corrected chi connectivity index (χ0v) is 35.8. The van der Waals surface area contributed by atoms with Crippen LogP contribution in [0.4, 0.5) is 40.8 Å². The summed E-state index contributed by atoms with van der Waals surface area (Å²) in [5.74, 6) is -1.55. The van der Waals surface area contributed by atoms with Gasteiger partial charge in [-0.1, -0.05) is 41.5 Å². The minimum absolute atomic E-state index is 0.0160. The number of anilines is 1. The molecule has 2 atom stereocenters. The Balaban J connectivity index is 0.000000229. The number of alkyl halides is 6. The van der Waals surface area contributed by atoms with E-state index in [-0.39, 0.29) is 53.7 Å². The molecule has 0 spiro atoms. The molecule has 0 aliphatic carbocycles. The topological polar surface area (TPSA) is 152 Å². The van der Waals surface area contributed by atoms with Gasteiger partial charge in [0.25, 0.3) is 0 Å². The van der Waals surface area contributed by atoms with E-state index >= 15 is 0 Å². The molecule has 0 aliphatic heterocycles. The summed E-state index contributed by atoms with van der Waals surface area (Å²) < 4.78 is 108. The quantitative estimate of drug-likeness (QED) is 0.115. The number of imidazole rings is 2. The highest BCUT2D eigenvalue weighted by Gasteiger charge is 2.37. The second-order valence-corrected chi connectivity index (χ2v) is 15.1. The highest BCUT2D eigenvalue weighted by atomic mass is 19.4. The lowest BCUT2D eigenvalue weighted by atomic mass is 9.98. The van der Waals surface area contributed by atoms with Crippen LogP contribution in [0.25, 0.3) is 11.4 Å². The molecule has 0 saturated heterocycles. The third-order valence-electron chi connectivity index (χ3n) is 9.84. The van der Waals surface area contributed by atoms with Crippen LogP contribution in [0.1, 0.15) is 118 Å². The fraction of sp³-hybridized carbons (Fsp3) is 0.395. The molecule has 6 rings (SSSR count). The summed E-state index contributed by atoms with van der Waals surface area (Å²) in [6, 6.07) is 10.3. The molecule has 20 heteroatoms. The van der Waals surface area contributed by atoms with Crippen molar-refractivity contribution in [2.75, 3.05) is 5.73 Å². The van der Waals surface area contributed by atoms with Gasteiger partial charge in [0.05, 0.1) is 46.9 Å². The van der Waals surface area contributed by atoms with E-state index in [0.29, 0.717) is 23.4 Å². The lowest BCUT2D eigenvalue weighted by Crippen LogP contribution is -2.22. The number of hydrogen-bond donors (Lipinski definition) is 2. The van der Waals surface area contributed by atoms with Crippen LogP contribution in [0.5, 0.6) is 0 Å². The van der Waals surface area contributed by atoms with Crippen LogP contribution in [0.3, 0.4) is 0 Å². The molecule has 3 N–H and O–H groups in total. The second kappa shape index (κ2) is 20.2. The van der Waals surface area contributed by atoms with Gasteiger partial charge >= 0.3 is 18.3 Å². The maximum atomic E-state index is 13.3. The molecule has 0 radical (unpaired) electrons. The van der Waals surface area contributed by atoms with Gasteiger partial charge in [-0.3, -0.25) is 4.79 Å². The van der Waals surface area contributed by atoms with Crippen molar-refractivity contribution in [3.05, 3.63) is 125 Å². The number of nitrogen functional groups attached to an aromatic ring is 1. The average Bonchev–Trinajstić information content (AvgIpc) is 3.99. The van der Waals surface area contributed by atoms with Crippen LogP contribution >= 0.6 is 0 Å². The third kappa shape index (κ3) is 12.0. The van der Waals surface area contributed by atoms with Crippen LogP contribution in [0.15, 0.2) is 73.3 Å². The smallest absolute Gasteiger partial charge is 0.434 e. The number of carbonyl (C=O) groups is 2. The first kappa shape index (κ1) is 49.3. The summed E-state index contributed by atoms with van der Waals surface area (Å²) >= 11 is 0. The van der Waals surface area contributed by atoms with Gasteiger partial charge in [0.15, 0.2) is 17.2 Å². The number of carboxylic acids is 1. The zero-order valence-electron chi connectivity index (χ0n) is 35.8. The number of aryl methyl sites for hydroxylation is 2. The van der Waals surface area contributed by atoms with Crippen molar-refractivity contribution in [1.82, 2.24) is 38.7 Å². The molecule has 4 heterocycles. The normalized spacial score (nSPS) is 12.7. The van der Waals surface area contributed by atoms with Crippen molar-refractivity contribution in [2.24, 2.45) is 0 Å². The molecule has 0 fully saturated rings. The summed E-state index contributed by atoms with van der Waals surface area (Å²) in [4.78, 5) is 30.8. The van der Waals surface area contributed by atoms with E-state index in [2.05, 4.69) is 20.2 Å². The maximum absolute atomic E-state index is 13.3. The number of nitrogens with zero attached hydrogens (tertiary/aromatic N) is 8. The van der Waals surface area contributed by atoms with Gasteiger partial charge < -0.3 is 20.0 Å². The van der Waals surface area contributed by atoms with Crippen molar-refractivity contribution in [3.8, 4) is 11.4 Å². The lowest BCUT2D eigenvalue weighted by molar-refractivity contribution is -0.143. The van der Waals surface area contributed by atoms with Gasteiger partial charge in [0, 0.05) is 24.4 Å². The summed E-state index contributed by atoms with van der Waals surface area (Å²) in [5.41, 5.74) is 8.37. The van der Waals surface area contributed by atoms with Crippen LogP contribution in [0, 0.1) is 25.5 Å². The number of nitrogens with two attached hydrogens (primary N) is 1. The van der Waals surface area contributed by atoms with E-state index in [4.69, 9.17) is 10.8 Å². The van der Waals surface area contributed by atoms with Gasteiger partial charge in [-0.25, -0.2) is 32.9 Å². The van der Waals surface area contributed by atoms with Gasteiger partial charge in [-0.15, -0.1) is 0 Å². The van der Waals surface area contributed by atoms with Crippen LogP contribution in [-0.4, -0.2) is 55.5 Å². The Bertz CT molecular complexity index is 2460. The Labute approximate surface area is 358 Å². The first-order valence-electron chi connectivity index (χ1n) is 19.8. The Morgan fingerprint density at radius 2 is 1.06 bits per heavy atom. The van der Waals surface area contributed by atoms with Crippen molar-refractivity contribution < 1.29 is 49.8 Å². The lowest BCUT2D eigenvalue weighted by Gasteiger charge is -2.18. The molecule has 4 aromatic heterocycles. The largest absolute Gasteiger partial charge is 0.480 e. The standard InChI is InChI=1S/C22H24F4N4O.C12H14FN3.C9H11F3N2O2/c1-5-18(29-12-20(22(24,25)26)28-14(29)4)19(31)10-15-11-27-30(21(15)13(2)3)17-8-6-16(23)7-9-17;1-8(2)12-11(14)7-15-16(12)10-5-3-9(13)4-6-10;1-3-6(8(15)16)14-4-7(9(10,11)12)13-5(14)2/h6-9,11-13,18H,5,10H2,1-4H3;3-8H,14H2,1-2H3;4,6H,3H2,1-2H3,(H,15,16). The molecule has 0 saturated carbocycles. The summed E-state index contributed by atoms with van der Waals surface area (Å²) in [6.45, 7) is 14.2. The van der Waals surface area contributed by atoms with E-state index < -0.39 is 41.8 Å². The molecular weight excluding hydrogens is 843 g/mol. The minimum atomic E-state index is -4.57. The van der Waals surface area contributed by atoms with E-state index in [1.807, 2.05) is 27.7 Å². The van der Waals surface area contributed by atoms with Crippen molar-refractivity contribution in [3.63, 3.8) is 0 Å². The molecule has 0 aliphatic rings. The number of carboxylic acid groups (broad SMARTS) is 1. The molecule has 12 nitrogen and oxygen atoms in total. The number of halogens is 8. The highest BCUT2D eigenvalue weighted by Crippen LogP contribution is 2.32. The zero-order chi connectivity index (χ0) is 47.1. The predicted octanol–water partition coefficient (Wildman–Crippen LogP) is 10.4. The van der Waals surface area contributed by atoms with Gasteiger partial charge in [0.2, 0.25) is 0 Å². The first-order chi connectivity index (χ1) is 29.4. The fourth-order valence-corrected chi connectivity index (χ4v) is 6.92. The van der Waals surface area contributed by atoms with Crippen molar-refractivity contribution >= 4 is 17.4 Å². The fourth-order valence-electron chi connectivity index (χ4n) is 6.92. The number of carbonyl (C=O) groups excluding carboxylic acids is 1. The van der Waals surface area contributed by atoms with Crippen LogP contribution in [-0.2, 0) is 28.4 Å². The molecule has 0 amide bonds. The number of rotatable bonds is 12. The third-order valence-corrected chi connectivity index (χ3v) is 9.84. The Morgan fingerprint density at radius 1 is 0.667 bits per heavy atom. The summed E-state index contributed by atoms with van der Waals surface area (Å²) in [5, 5.41) is 17.4. The number of Topliss-reactive ketones (excluding diaryl/α,β-unsaturated/α-hetero) is 1. The van der Waals surface area contributed by atoms with Gasteiger partial charge in [0.1, 0.15) is 29.3 Å². The first-order valence-corrected chi connectivity index (χ1v) is 19.8. The SMILES string of the molecule is CC(C)c1c(N)cnn1-c1ccc(F)cc1.CCC(C(=O)Cc1cnn(-c2ccc(F)cc2)c1C(C)C)n1cc(C(F)(F)F)nc1C.CCC(C(=O)O)n1cc(C(F)(F)F)nc1C. The maximum Gasteiger partial charge on any atom is 0.434 e. The van der Waals surface area contributed by atoms with Gasteiger partial charge in [-0.05, 0) is 87.1 Å².